The van der Waals surface area contributed by atoms with E-state index < -0.39 is 24.0 Å². The molecule has 7 nitrogen and oxygen atoms in total. The number of carboxylic acids is 1. The van der Waals surface area contributed by atoms with Gasteiger partial charge in [-0.05, 0) is 38.1 Å². The van der Waals surface area contributed by atoms with Crippen molar-refractivity contribution in [1.29, 1.82) is 0 Å². The average molecular weight is 338 g/mol. The minimum atomic E-state index is -2.04. The van der Waals surface area contributed by atoms with Crippen molar-refractivity contribution in [3.05, 3.63) is 46.7 Å². The van der Waals surface area contributed by atoms with E-state index in [1.807, 2.05) is 0 Å². The summed E-state index contributed by atoms with van der Waals surface area (Å²) in [6.07, 6.45) is 0. The van der Waals surface area contributed by atoms with Crippen LogP contribution in [0, 0.1) is 6.92 Å². The van der Waals surface area contributed by atoms with Crippen LogP contribution in [0.25, 0.3) is 5.69 Å². The van der Waals surface area contributed by atoms with Crippen LogP contribution in [0.4, 0.5) is 0 Å². The van der Waals surface area contributed by atoms with E-state index >= 15 is 0 Å². The number of hydrogen-bond acceptors (Lipinski definition) is 4. The van der Waals surface area contributed by atoms with Crippen molar-refractivity contribution in [2.24, 2.45) is 0 Å². The van der Waals surface area contributed by atoms with Crippen molar-refractivity contribution in [1.82, 2.24) is 15.1 Å². The second-order valence-corrected chi connectivity index (χ2v) is 5.76. The topological polar surface area (TPSA) is 104 Å². The van der Waals surface area contributed by atoms with Crippen molar-refractivity contribution in [2.75, 3.05) is 6.54 Å². The van der Waals surface area contributed by atoms with Gasteiger partial charge >= 0.3 is 5.97 Å². The minimum absolute atomic E-state index is 0.115. The van der Waals surface area contributed by atoms with Crippen molar-refractivity contribution in [3.8, 4) is 5.69 Å². The Hall–Kier alpha value is -2.38. The summed E-state index contributed by atoms with van der Waals surface area (Å²) in [5.41, 5.74) is -0.516. The third-order valence-electron chi connectivity index (χ3n) is 3.23. The molecule has 0 radical (unpaired) electrons. The van der Waals surface area contributed by atoms with E-state index in [4.69, 9.17) is 16.7 Å². The molecule has 1 unspecified atom stereocenters. The van der Waals surface area contributed by atoms with Crippen LogP contribution in [0.1, 0.15) is 23.1 Å². The lowest BCUT2D eigenvalue weighted by molar-refractivity contribution is -0.155. The molecular weight excluding hydrogens is 322 g/mol. The number of hydrogen-bond donors (Lipinski definition) is 3. The highest BCUT2D eigenvalue weighted by atomic mass is 35.5. The largest absolute Gasteiger partial charge is 0.479 e. The van der Waals surface area contributed by atoms with Gasteiger partial charge in [-0.25, -0.2) is 9.48 Å². The minimum Gasteiger partial charge on any atom is -0.479 e. The Labute approximate surface area is 137 Å². The molecule has 0 saturated heterocycles. The Kier molecular flexibility index (Phi) is 4.72. The fourth-order valence-electron chi connectivity index (χ4n) is 1.87. The fraction of sp³-hybridized carbons (Fsp3) is 0.267. The zero-order valence-electron chi connectivity index (χ0n) is 12.6. The first-order valence-corrected chi connectivity index (χ1v) is 7.15. The molecule has 1 atom stereocenters. The molecule has 1 amide bonds. The number of aromatic nitrogens is 2. The molecule has 0 aliphatic heterocycles. The molecule has 0 bridgehead atoms. The van der Waals surface area contributed by atoms with Gasteiger partial charge in [0.25, 0.3) is 5.91 Å². The smallest absolute Gasteiger partial charge is 0.337 e. The van der Waals surface area contributed by atoms with E-state index in [9.17, 15) is 14.7 Å². The third kappa shape index (κ3) is 3.88. The van der Waals surface area contributed by atoms with Gasteiger partial charge in [0.2, 0.25) is 0 Å². The molecule has 2 rings (SSSR count). The molecule has 0 spiro atoms. The molecule has 0 fully saturated rings. The number of aliphatic hydroxyl groups is 1. The van der Waals surface area contributed by atoms with Crippen molar-refractivity contribution < 1.29 is 19.8 Å². The molecule has 1 aromatic carbocycles. The number of aryl methyl sites for hydroxylation is 1. The second kappa shape index (κ2) is 6.39. The summed E-state index contributed by atoms with van der Waals surface area (Å²) < 4.78 is 1.55. The van der Waals surface area contributed by atoms with Gasteiger partial charge in [0, 0.05) is 10.7 Å². The first kappa shape index (κ1) is 17.0. The van der Waals surface area contributed by atoms with E-state index in [0.717, 1.165) is 6.92 Å². The van der Waals surface area contributed by atoms with Gasteiger partial charge in [-0.3, -0.25) is 4.79 Å². The zero-order valence-corrected chi connectivity index (χ0v) is 13.3. The number of nitrogens with zero attached hydrogens (tertiary/aromatic N) is 2. The van der Waals surface area contributed by atoms with Gasteiger partial charge in [-0.2, -0.15) is 5.10 Å². The molecule has 0 saturated carbocycles. The Morgan fingerprint density at radius 2 is 2.09 bits per heavy atom. The van der Waals surface area contributed by atoms with Crippen LogP contribution < -0.4 is 5.32 Å². The zero-order chi connectivity index (χ0) is 17.2. The molecular formula is C15H16ClN3O4. The number of nitrogens with one attached hydrogen (secondary N) is 1. The highest BCUT2D eigenvalue weighted by molar-refractivity contribution is 6.30. The molecule has 0 aliphatic rings. The van der Waals surface area contributed by atoms with Crippen LogP contribution in [0.15, 0.2) is 30.3 Å². The number of aliphatic carboxylic acids is 1. The summed E-state index contributed by atoms with van der Waals surface area (Å²) in [5.74, 6) is -1.99. The summed E-state index contributed by atoms with van der Waals surface area (Å²) in [7, 11) is 0. The van der Waals surface area contributed by atoms with Crippen LogP contribution in [0.5, 0.6) is 0 Å². The Morgan fingerprint density at radius 3 is 2.70 bits per heavy atom. The van der Waals surface area contributed by atoms with Crippen LogP contribution in [-0.4, -0.2) is 44.0 Å². The first-order valence-electron chi connectivity index (χ1n) is 6.77. The SMILES string of the molecule is Cc1cc(C(=O)NCC(C)(O)C(=O)O)nn1-c1cccc(Cl)c1. The van der Waals surface area contributed by atoms with Gasteiger partial charge in [0.1, 0.15) is 0 Å². The van der Waals surface area contributed by atoms with Gasteiger partial charge in [0.05, 0.1) is 12.2 Å². The summed E-state index contributed by atoms with van der Waals surface area (Å²) in [6, 6.07) is 8.56. The van der Waals surface area contributed by atoms with E-state index in [0.29, 0.717) is 16.4 Å². The van der Waals surface area contributed by atoms with E-state index in [2.05, 4.69) is 10.4 Å². The highest BCUT2D eigenvalue weighted by Gasteiger charge is 2.30. The predicted molar refractivity (Wildman–Crippen MR) is 83.9 cm³/mol. The van der Waals surface area contributed by atoms with Gasteiger partial charge in [0.15, 0.2) is 11.3 Å². The molecule has 1 heterocycles. The number of carbonyl (C=O) groups is 2. The van der Waals surface area contributed by atoms with Gasteiger partial charge in [-0.1, -0.05) is 17.7 Å². The number of amides is 1. The summed E-state index contributed by atoms with van der Waals surface area (Å²) in [6.45, 7) is 2.45. The molecule has 23 heavy (non-hydrogen) atoms. The molecule has 1 aromatic heterocycles. The van der Waals surface area contributed by atoms with E-state index in [1.54, 1.807) is 41.9 Å². The maximum Gasteiger partial charge on any atom is 0.337 e. The standard InChI is InChI=1S/C15H16ClN3O4/c1-9-6-12(13(20)17-8-15(2,23)14(21)22)18-19(9)11-5-3-4-10(16)7-11/h3-7,23H,8H2,1-2H3,(H,17,20)(H,21,22). The maximum atomic E-state index is 12.1. The fourth-order valence-corrected chi connectivity index (χ4v) is 2.06. The Balaban J connectivity index is 2.17. The van der Waals surface area contributed by atoms with Gasteiger partial charge in [-0.15, -0.1) is 0 Å². The lowest BCUT2D eigenvalue weighted by atomic mass is 10.1. The normalized spacial score (nSPS) is 13.4. The predicted octanol–water partition coefficient (Wildman–Crippen LogP) is 1.40. The quantitative estimate of drug-likeness (QED) is 0.765. The lowest BCUT2D eigenvalue weighted by Crippen LogP contribution is -2.46. The summed E-state index contributed by atoms with van der Waals surface area (Å²) >= 11 is 5.94. The van der Waals surface area contributed by atoms with Crippen LogP contribution in [0.2, 0.25) is 5.02 Å². The Bertz CT molecular complexity index is 755. The average Bonchev–Trinajstić information content (AvgIpc) is 2.87. The van der Waals surface area contributed by atoms with E-state index in [-0.39, 0.29) is 5.69 Å². The van der Waals surface area contributed by atoms with Crippen LogP contribution in [-0.2, 0) is 4.79 Å². The van der Waals surface area contributed by atoms with E-state index in [1.165, 1.54) is 0 Å². The third-order valence-corrected chi connectivity index (χ3v) is 3.46. The molecule has 8 heteroatoms. The molecule has 2 aromatic rings. The molecule has 0 aliphatic carbocycles. The lowest BCUT2D eigenvalue weighted by Gasteiger charge is -2.17. The monoisotopic (exact) mass is 337 g/mol. The van der Waals surface area contributed by atoms with Crippen molar-refractivity contribution in [3.63, 3.8) is 0 Å². The van der Waals surface area contributed by atoms with Crippen LogP contribution in [0.3, 0.4) is 0 Å². The molecule has 122 valence electrons. The van der Waals surface area contributed by atoms with Crippen molar-refractivity contribution >= 4 is 23.5 Å². The number of carboxylic acid groups (broad SMARTS) is 1. The first-order chi connectivity index (χ1) is 10.7. The van der Waals surface area contributed by atoms with Gasteiger partial charge < -0.3 is 15.5 Å². The second-order valence-electron chi connectivity index (χ2n) is 5.32. The number of carbonyl (C=O) groups excluding carboxylic acids is 1. The molecule has 3 N–H and O–H groups in total. The number of rotatable bonds is 5. The number of halogens is 1. The summed E-state index contributed by atoms with van der Waals surface area (Å²) in [4.78, 5) is 22.9. The highest BCUT2D eigenvalue weighted by Crippen LogP contribution is 2.17. The van der Waals surface area contributed by atoms with Crippen LogP contribution >= 0.6 is 11.6 Å². The number of benzene rings is 1. The Morgan fingerprint density at radius 1 is 1.39 bits per heavy atom. The summed E-state index contributed by atoms with van der Waals surface area (Å²) in [5, 5.41) is 25.5. The maximum absolute atomic E-state index is 12.1. The van der Waals surface area contributed by atoms with Crippen molar-refractivity contribution in [2.45, 2.75) is 19.4 Å².